The van der Waals surface area contributed by atoms with Crippen LogP contribution in [-0.4, -0.2) is 109 Å². The maximum Gasteiger partial charge on any atom is 0.316 e. The summed E-state index contributed by atoms with van der Waals surface area (Å²) in [7, 11) is 0. The third kappa shape index (κ3) is 25.7. The van der Waals surface area contributed by atoms with E-state index in [2.05, 4.69) is 0 Å². The van der Waals surface area contributed by atoms with Crippen LogP contribution in [0.1, 0.15) is 0 Å². The molecule has 36 valence electrons. The SMILES string of the molecule is O.O.S.[CaH2].[CaH2].[MgH2]. The van der Waals surface area contributed by atoms with E-state index in [-0.39, 0.29) is 123 Å². The minimum atomic E-state index is 0. The summed E-state index contributed by atoms with van der Waals surface area (Å²) in [4.78, 5) is 0. The zero-order valence-electron chi connectivity index (χ0n) is 1.50. The average molecular weight is 181 g/mol. The summed E-state index contributed by atoms with van der Waals surface area (Å²) in [6.45, 7) is 0. The number of hydrogen-bond acceptors (Lipinski definition) is 0. The summed E-state index contributed by atoms with van der Waals surface area (Å²) in [5.41, 5.74) is 0. The first-order chi connectivity index (χ1) is 0. The molecule has 0 fully saturated rings. The van der Waals surface area contributed by atoms with E-state index < -0.39 is 0 Å². The topological polar surface area (TPSA) is 63.0 Å². The summed E-state index contributed by atoms with van der Waals surface area (Å²) in [5, 5.41) is 0. The Hall–Kier alpha value is 3.56. The Bertz CT molecular complexity index is 11.5. The van der Waals surface area contributed by atoms with Crippen LogP contribution in [0.5, 0.6) is 0 Å². The Morgan fingerprint density at radius 1 is 0.667 bits per heavy atom. The second-order valence-electron chi connectivity index (χ2n) is 0. The van der Waals surface area contributed by atoms with Crippen LogP contribution in [0.25, 0.3) is 0 Å². The fraction of sp³-hybridized carbons (Fsp3) is 0. The first-order valence-corrected chi connectivity index (χ1v) is 0. The first-order valence-electron chi connectivity index (χ1n) is 0. The first kappa shape index (κ1) is 55.3. The van der Waals surface area contributed by atoms with Crippen molar-refractivity contribution in [3.05, 3.63) is 0 Å². The molecule has 0 aromatic carbocycles. The van der Waals surface area contributed by atoms with E-state index in [9.17, 15) is 0 Å². The van der Waals surface area contributed by atoms with Gasteiger partial charge in [0.15, 0.2) is 0 Å². The van der Waals surface area contributed by atoms with Gasteiger partial charge in [0.1, 0.15) is 0 Å². The third-order valence-corrected chi connectivity index (χ3v) is 0. The van der Waals surface area contributed by atoms with Crippen molar-refractivity contribution >= 4 is 112 Å². The molecule has 0 rings (SSSR count). The van der Waals surface area contributed by atoms with Gasteiger partial charge in [-0.3, -0.25) is 0 Å². The van der Waals surface area contributed by atoms with E-state index in [0.717, 1.165) is 0 Å². The van der Waals surface area contributed by atoms with Crippen LogP contribution < -0.4 is 0 Å². The van der Waals surface area contributed by atoms with E-state index >= 15 is 0 Å². The van der Waals surface area contributed by atoms with Gasteiger partial charge in [-0.1, -0.05) is 0 Å². The molecule has 0 aromatic heterocycles. The maximum atomic E-state index is 0. The van der Waals surface area contributed by atoms with Crippen molar-refractivity contribution in [1.29, 1.82) is 0 Å². The van der Waals surface area contributed by atoms with Crippen molar-refractivity contribution in [1.82, 2.24) is 0 Å². The van der Waals surface area contributed by atoms with Crippen LogP contribution in [0, 0.1) is 0 Å². The van der Waals surface area contributed by atoms with Gasteiger partial charge in [-0.2, -0.15) is 13.5 Å². The second kappa shape index (κ2) is 38.6. The van der Waals surface area contributed by atoms with E-state index in [4.69, 9.17) is 0 Å². The van der Waals surface area contributed by atoms with Gasteiger partial charge in [-0.15, -0.1) is 0 Å². The predicted molar refractivity (Wildman–Crippen MR) is 43.2 cm³/mol. The molecule has 0 spiro atoms. The average Bonchev–Trinajstić information content (AvgIpc) is 0. The van der Waals surface area contributed by atoms with Crippen LogP contribution in [0.2, 0.25) is 0 Å². The van der Waals surface area contributed by atoms with Gasteiger partial charge >= 0.3 is 98.5 Å². The van der Waals surface area contributed by atoms with Crippen LogP contribution in [0.3, 0.4) is 0 Å². The van der Waals surface area contributed by atoms with Gasteiger partial charge in [0.25, 0.3) is 0 Å². The summed E-state index contributed by atoms with van der Waals surface area (Å²) in [6, 6.07) is 0. The smallest absolute Gasteiger partial charge is 0.316 e. The molecule has 6 heteroatoms. The van der Waals surface area contributed by atoms with Crippen LogP contribution in [0.15, 0.2) is 0 Å². The normalized spacial score (nSPS) is 0. The van der Waals surface area contributed by atoms with Gasteiger partial charge < -0.3 is 11.0 Å². The Kier molecular flexibility index (Phi) is 356. The maximum absolute atomic E-state index is 0. The molecule has 0 aliphatic carbocycles. The Morgan fingerprint density at radius 3 is 0.667 bits per heavy atom. The standard InChI is InChI=1S/2Ca.Mg.2H2O.H2S.6H/h;;;3*1H2;;;;;;. The number of hydrogen-bond donors (Lipinski definition) is 0. The van der Waals surface area contributed by atoms with E-state index in [1.807, 2.05) is 0 Å². The molecule has 0 saturated heterocycles. The molecule has 0 aliphatic rings. The second-order valence-corrected chi connectivity index (χ2v) is 0. The molecule has 0 radical (unpaired) electrons. The van der Waals surface area contributed by atoms with Gasteiger partial charge in [0.05, 0.1) is 0 Å². The fourth-order valence-electron chi connectivity index (χ4n) is 0. The molecule has 0 unspecified atom stereocenters. The molecule has 4 N–H and O–H groups in total. The largest absolute Gasteiger partial charge is 0.316 e. The van der Waals surface area contributed by atoms with Gasteiger partial charge in [0.2, 0.25) is 0 Å². The Balaban J connectivity index is 0. The Labute approximate surface area is 120 Å². The molecule has 0 heterocycles. The number of rotatable bonds is 0. The van der Waals surface area contributed by atoms with E-state index in [1.54, 1.807) is 0 Å². The molecule has 2 nitrogen and oxygen atoms in total. The molecular weight excluding hydrogens is 169 g/mol. The van der Waals surface area contributed by atoms with Gasteiger partial charge in [0, 0.05) is 0 Å². The molecule has 6 heavy (non-hydrogen) atoms. The van der Waals surface area contributed by atoms with E-state index in [0.29, 0.717) is 0 Å². The Morgan fingerprint density at radius 2 is 0.667 bits per heavy atom. The van der Waals surface area contributed by atoms with Crippen molar-refractivity contribution in [3.8, 4) is 0 Å². The predicted octanol–water partition coefficient (Wildman–Crippen LogP) is -4.29. The third-order valence-electron chi connectivity index (χ3n) is 0. The summed E-state index contributed by atoms with van der Waals surface area (Å²) >= 11 is 0. The zero-order valence-corrected chi connectivity index (χ0v) is 2.50. The van der Waals surface area contributed by atoms with Crippen molar-refractivity contribution in [2.75, 3.05) is 0 Å². The van der Waals surface area contributed by atoms with Crippen LogP contribution in [0.4, 0.5) is 0 Å². The molecule has 0 saturated carbocycles. The van der Waals surface area contributed by atoms with Crippen LogP contribution in [-0.2, 0) is 0 Å². The minimum absolute atomic E-state index is 0. The van der Waals surface area contributed by atoms with Crippen molar-refractivity contribution < 1.29 is 11.0 Å². The zero-order chi connectivity index (χ0) is 0. The molecule has 0 aromatic rings. The minimum Gasteiger partial charge on any atom is 0.316 e. The molecule has 0 aliphatic heterocycles. The van der Waals surface area contributed by atoms with Crippen LogP contribution >= 0.6 is 13.5 Å². The summed E-state index contributed by atoms with van der Waals surface area (Å²) in [5.74, 6) is 0. The molecular formula is H12Ca2MgO2S. The fourth-order valence-corrected chi connectivity index (χ4v) is 0. The van der Waals surface area contributed by atoms with Crippen molar-refractivity contribution in [3.63, 3.8) is 0 Å². The summed E-state index contributed by atoms with van der Waals surface area (Å²) < 4.78 is 0. The monoisotopic (exact) mass is 180 g/mol. The summed E-state index contributed by atoms with van der Waals surface area (Å²) in [6.07, 6.45) is 0. The van der Waals surface area contributed by atoms with Crippen molar-refractivity contribution in [2.45, 2.75) is 0 Å². The van der Waals surface area contributed by atoms with Crippen molar-refractivity contribution in [2.24, 2.45) is 0 Å². The van der Waals surface area contributed by atoms with E-state index in [1.165, 1.54) is 0 Å². The molecule has 0 amide bonds. The molecule has 0 atom stereocenters. The quantitative estimate of drug-likeness (QED) is 0.339. The van der Waals surface area contributed by atoms with Gasteiger partial charge in [-0.25, -0.2) is 0 Å². The van der Waals surface area contributed by atoms with Gasteiger partial charge in [-0.05, 0) is 0 Å². The molecule has 0 bridgehead atoms.